The maximum absolute atomic E-state index is 13.3. The number of hydrogen-bond donors (Lipinski definition) is 4. The van der Waals surface area contributed by atoms with Crippen LogP contribution < -0.4 is 4.90 Å². The van der Waals surface area contributed by atoms with Gasteiger partial charge in [0, 0.05) is 222 Å². The highest BCUT2D eigenvalue weighted by Gasteiger charge is 2.47. The predicted octanol–water partition coefficient (Wildman–Crippen LogP) is 19.1. The van der Waals surface area contributed by atoms with Crippen LogP contribution in [-0.2, 0) is 52.5 Å². The number of ketones is 2. The van der Waals surface area contributed by atoms with Gasteiger partial charge in [-0.1, -0.05) is 121 Å². The van der Waals surface area contributed by atoms with Crippen molar-refractivity contribution in [2.45, 2.75) is 155 Å². The molecule has 0 spiro atoms. The van der Waals surface area contributed by atoms with Crippen molar-refractivity contribution in [1.82, 2.24) is 38.5 Å². The first-order chi connectivity index (χ1) is 63.9. The van der Waals surface area contributed by atoms with Gasteiger partial charge in [-0.15, -0.1) is 0 Å². The number of aromatic nitrogens is 7. The van der Waals surface area contributed by atoms with Crippen molar-refractivity contribution in [2.75, 3.05) is 84.3 Å². The second kappa shape index (κ2) is 46.6. The van der Waals surface area contributed by atoms with E-state index in [2.05, 4.69) is 67.2 Å². The number of thiazole rings is 1. The molecular weight excluding hydrogens is 1740 g/mol. The number of fused-ring (bicyclic) bond motifs is 6. The number of aromatic amines is 3. The molecule has 2 unspecified atom stereocenters. The number of benzene rings is 6. The topological polar surface area (TPSA) is 432 Å². The van der Waals surface area contributed by atoms with Gasteiger partial charge in [0.25, 0.3) is 0 Å². The molecule has 6 aromatic carbocycles. The lowest BCUT2D eigenvalue weighted by molar-refractivity contribution is -0.547. The van der Waals surface area contributed by atoms with Gasteiger partial charge in [0.2, 0.25) is 25.0 Å². The second-order valence-corrected chi connectivity index (χ2v) is 36.8. The molecule has 7 aromatic heterocycles. The van der Waals surface area contributed by atoms with Crippen LogP contribution in [0.2, 0.25) is 0 Å². The fourth-order valence-electron chi connectivity index (χ4n) is 15.9. The molecule has 0 bridgehead atoms. The second-order valence-electron chi connectivity index (χ2n) is 35.8. The third kappa shape index (κ3) is 28.7. The number of nitro groups is 4. The number of H-pyrrole nitrogens is 3. The summed E-state index contributed by atoms with van der Waals surface area (Å²) in [5, 5.41) is 60.4. The SMILES string of the molecule is CC(C)(C)OC(=O)n1cc(/C=C/[N+](=O)[O-])c2ccccc21.CC(C)(C)OC(=O)n1cc(CC([N+](=O)[O-])C2(O)CCOCC2)c2ccccc21.CC(C)(C)OC(=O)n1cc(CC[N+](=O)[O-])c2ccccc21.CN1CCN(c2ncc(C(=O)CC(Cc3c[nH]c4ccccc34)C3CCOCC3)s2)CC1.O=C1CCOCC1.O=Cc1c[nH]c2ccccc12.O=[N+]([O-])/C=C/c1c[nH]c2ccccc12. The van der Waals surface area contributed by atoms with E-state index < -0.39 is 61.5 Å². The standard InChI is InChI=1S/C25H32N4O2S.C20H26N2O6.C15H18N2O4.C15H16N2O4.C10H8N2O2.C9H7NO.C5H8O2/c1-28-8-10-29(11-9-28)25-27-17-24(32-25)23(30)15-19(18-6-12-31-13-7-18)14-20-16-26-22-5-3-2-4-21(20)22;1-19(2,3)28-18(23)21-13-14(15-6-4-5-7-16(15)21)12-17(22(25)26)20(24)8-10-27-11-9-20;2*1-15(2,3)21-14(18)16-10-11(8-9-17(19)20)12-6-4-5-7-13(12)16;13-12(14)6-5-8-7-11-10-4-2-1-3-9(8)10;11-6-7-5-10-9-4-2-1-3-8(7)9;6-5-1-3-7-4-2-5/h2-5,16-19,26H,6-15H2,1H3;4-7,13,17,24H,8-12H2,1-3H3;4-7,10H,8-9H2,1-3H3;4-10H,1-3H3;1-7,11H;1-6,10H;1-4H2/b;;;9-8+;6-5+;;. The number of aldehydes is 1. The number of anilines is 1. The zero-order valence-corrected chi connectivity index (χ0v) is 77.7. The number of piperazine rings is 1. The summed E-state index contributed by atoms with van der Waals surface area (Å²) in [6.45, 7) is 23.4. The van der Waals surface area contributed by atoms with Crippen LogP contribution in [0.1, 0.15) is 155 Å². The maximum atomic E-state index is 13.3. The minimum atomic E-state index is -1.43. The van der Waals surface area contributed by atoms with E-state index in [1.54, 1.807) is 147 Å². The summed E-state index contributed by atoms with van der Waals surface area (Å²) >= 11 is 1.56. The monoisotopic (exact) mass is 1850 g/mol. The lowest BCUT2D eigenvalue weighted by Crippen LogP contribution is -2.51. The minimum Gasteiger partial charge on any atom is -0.443 e. The van der Waals surface area contributed by atoms with Crippen LogP contribution in [-0.4, -0.2) is 207 Å². The molecule has 0 amide bonds. The van der Waals surface area contributed by atoms with Gasteiger partial charge in [-0.3, -0.25) is 68.5 Å². The molecule has 4 N–H and O–H groups in total. The van der Waals surface area contributed by atoms with E-state index in [4.69, 9.17) is 28.4 Å². The predicted molar refractivity (Wildman–Crippen MR) is 515 cm³/mol. The molecule has 35 heteroatoms. The third-order valence-corrected chi connectivity index (χ3v) is 23.7. The highest BCUT2D eigenvalue weighted by Crippen LogP contribution is 2.37. The molecule has 134 heavy (non-hydrogen) atoms. The summed E-state index contributed by atoms with van der Waals surface area (Å²) in [5.41, 5.74) is 6.68. The number of nitrogens with zero attached hydrogens (tertiary/aromatic N) is 10. The average Bonchev–Trinajstić information content (AvgIpc) is 1.65. The van der Waals surface area contributed by atoms with Crippen molar-refractivity contribution in [1.29, 1.82) is 0 Å². The van der Waals surface area contributed by atoms with E-state index in [9.17, 15) is 74.3 Å². The number of rotatable bonds is 19. The van der Waals surface area contributed by atoms with Crippen molar-refractivity contribution in [3.8, 4) is 0 Å². The summed E-state index contributed by atoms with van der Waals surface area (Å²) in [5.74, 6) is 1.41. The Kier molecular flexibility index (Phi) is 35.1. The van der Waals surface area contributed by atoms with E-state index in [0.717, 1.165) is 142 Å². The Labute approximate surface area is 777 Å². The molecule has 34 nitrogen and oxygen atoms in total. The third-order valence-electron chi connectivity index (χ3n) is 22.6. The van der Waals surface area contributed by atoms with Gasteiger partial charge in [0.1, 0.15) is 28.2 Å². The fourth-order valence-corrected chi connectivity index (χ4v) is 16.8. The zero-order valence-electron chi connectivity index (χ0n) is 76.9. The zero-order chi connectivity index (χ0) is 96.4. The van der Waals surface area contributed by atoms with Crippen LogP contribution in [0.25, 0.3) is 77.6 Å². The number of para-hydroxylation sites is 6. The Bertz CT molecular complexity index is 6300. The van der Waals surface area contributed by atoms with E-state index in [-0.39, 0.29) is 42.9 Å². The molecule has 708 valence electrons. The Morgan fingerprint density at radius 2 is 0.970 bits per heavy atom. The largest absolute Gasteiger partial charge is 0.443 e. The number of nitrogens with one attached hydrogen (secondary N) is 3. The summed E-state index contributed by atoms with van der Waals surface area (Å²) in [6.07, 6.45) is 21.6. The van der Waals surface area contributed by atoms with Crippen LogP contribution >= 0.6 is 11.3 Å². The van der Waals surface area contributed by atoms with Crippen LogP contribution in [0.5, 0.6) is 0 Å². The van der Waals surface area contributed by atoms with E-state index >= 15 is 0 Å². The van der Waals surface area contributed by atoms with Gasteiger partial charge in [-0.2, -0.15) is 0 Å². The lowest BCUT2D eigenvalue weighted by atomic mass is 9.79. The molecule has 0 aliphatic carbocycles. The molecule has 4 saturated heterocycles. The Morgan fingerprint density at radius 1 is 0.537 bits per heavy atom. The Balaban J connectivity index is 0.000000156. The number of Topliss-reactive ketones (excluding diaryl/α,β-unsaturated/α-hetero) is 2. The van der Waals surface area contributed by atoms with Crippen molar-refractivity contribution < 1.29 is 82.0 Å². The Morgan fingerprint density at radius 3 is 1.47 bits per heavy atom. The molecule has 0 saturated carbocycles. The number of carbonyl (C=O) groups is 6. The first-order valence-electron chi connectivity index (χ1n) is 44.3. The highest BCUT2D eigenvalue weighted by molar-refractivity contribution is 7.17. The summed E-state index contributed by atoms with van der Waals surface area (Å²) in [4.78, 5) is 132. The maximum Gasteiger partial charge on any atom is 0.419 e. The van der Waals surface area contributed by atoms with Gasteiger partial charge in [-0.05, 0) is 154 Å². The van der Waals surface area contributed by atoms with Gasteiger partial charge in [0.15, 0.2) is 17.2 Å². The van der Waals surface area contributed by atoms with Crippen molar-refractivity contribution in [3.05, 3.63) is 280 Å². The number of hydrogen-bond acceptors (Lipinski definition) is 25. The van der Waals surface area contributed by atoms with Gasteiger partial charge in [0.05, 0.1) is 50.7 Å². The van der Waals surface area contributed by atoms with Gasteiger partial charge >= 0.3 is 18.3 Å². The lowest BCUT2D eigenvalue weighted by Gasteiger charge is -2.33. The molecule has 13 aromatic rings. The van der Waals surface area contributed by atoms with Gasteiger partial charge < -0.3 is 58.3 Å². The Hall–Kier alpha value is -13.7. The molecule has 4 fully saturated rings. The number of aliphatic hydroxyl groups is 1. The van der Waals surface area contributed by atoms with Crippen LogP contribution in [0.4, 0.5) is 19.5 Å². The molecule has 0 radical (unpaired) electrons. The van der Waals surface area contributed by atoms with Crippen molar-refractivity contribution >= 4 is 130 Å². The number of ether oxygens (including phenoxy) is 6. The van der Waals surface area contributed by atoms with E-state index in [0.29, 0.717) is 91.0 Å². The minimum absolute atomic E-state index is 0.0137. The van der Waals surface area contributed by atoms with Crippen molar-refractivity contribution in [2.24, 2.45) is 11.8 Å². The summed E-state index contributed by atoms with van der Waals surface area (Å²) in [6, 6.07) is 44.3. The number of carbonyl (C=O) groups excluding carboxylic acids is 6. The normalized spacial score (nSPS) is 15.3. The van der Waals surface area contributed by atoms with E-state index in [1.165, 1.54) is 42.3 Å². The summed E-state index contributed by atoms with van der Waals surface area (Å²) in [7, 11) is 2.15. The first kappa shape index (κ1) is 101. The van der Waals surface area contributed by atoms with Crippen molar-refractivity contribution in [3.63, 3.8) is 0 Å². The molecular formula is C99H115N13O21S. The smallest absolute Gasteiger partial charge is 0.419 e. The van der Waals surface area contributed by atoms with E-state index in [1.807, 2.05) is 84.9 Å². The summed E-state index contributed by atoms with van der Waals surface area (Å²) < 4.78 is 36.1. The molecule has 4 aliphatic rings. The highest BCUT2D eigenvalue weighted by atomic mass is 32.1. The first-order valence-corrected chi connectivity index (χ1v) is 45.1. The molecule has 11 heterocycles. The fraction of sp³-hybridized carbons (Fsp3) is 0.384. The molecule has 4 aliphatic heterocycles. The molecule has 17 rings (SSSR count). The number of likely N-dealkylation sites (N-methyl/N-ethyl adjacent to an activating group) is 1. The van der Waals surface area contributed by atoms with Crippen LogP contribution in [0.15, 0.2) is 201 Å². The van der Waals surface area contributed by atoms with Crippen LogP contribution in [0.3, 0.4) is 0 Å². The van der Waals surface area contributed by atoms with Gasteiger partial charge in [-0.25, -0.2) is 19.4 Å². The quantitative estimate of drug-likeness (QED) is 0.0192. The van der Waals surface area contributed by atoms with Crippen LogP contribution in [0, 0.1) is 52.3 Å². The average molecular weight is 1860 g/mol. The molecule has 2 atom stereocenters.